The van der Waals surface area contributed by atoms with Crippen LogP contribution in [0.1, 0.15) is 0 Å². The van der Waals surface area contributed by atoms with Crippen molar-refractivity contribution in [1.29, 1.82) is 0 Å². The number of amides is 1. The van der Waals surface area contributed by atoms with Gasteiger partial charge in [0.15, 0.2) is 5.82 Å². The predicted octanol–water partition coefficient (Wildman–Crippen LogP) is 2.40. The van der Waals surface area contributed by atoms with Crippen molar-refractivity contribution >= 4 is 40.0 Å². The van der Waals surface area contributed by atoms with Gasteiger partial charge in [0.1, 0.15) is 6.54 Å². The number of hydrogen-bond acceptors (Lipinski definition) is 4. The predicted molar refractivity (Wildman–Crippen MR) is 93.7 cm³/mol. The Morgan fingerprint density at radius 1 is 1.28 bits per heavy atom. The third-order valence-corrected chi connectivity index (χ3v) is 4.55. The van der Waals surface area contributed by atoms with Crippen LogP contribution in [-0.2, 0) is 11.3 Å². The van der Waals surface area contributed by atoms with Crippen LogP contribution >= 0.6 is 23.2 Å². The van der Waals surface area contributed by atoms with Gasteiger partial charge in [0.05, 0.1) is 28.0 Å². The highest BCUT2D eigenvalue weighted by Crippen LogP contribution is 2.38. The molecule has 0 aliphatic carbocycles. The summed E-state index contributed by atoms with van der Waals surface area (Å²) in [5.74, 6) is -0.0147. The molecular weight excluding hydrogens is 365 g/mol. The largest absolute Gasteiger partial charge is 0.368 e. The van der Waals surface area contributed by atoms with Crippen LogP contribution in [0, 0.1) is 0 Å². The van der Waals surface area contributed by atoms with Crippen LogP contribution in [0.3, 0.4) is 0 Å². The summed E-state index contributed by atoms with van der Waals surface area (Å²) in [6, 6.07) is 3.63. The van der Waals surface area contributed by atoms with Gasteiger partial charge in [-0.3, -0.25) is 14.5 Å². The number of H-pyrrole nitrogens is 1. The van der Waals surface area contributed by atoms with Gasteiger partial charge in [0, 0.05) is 28.9 Å². The van der Waals surface area contributed by atoms with Crippen LogP contribution in [0.5, 0.6) is 0 Å². The summed E-state index contributed by atoms with van der Waals surface area (Å²) >= 11 is 12.6. The Morgan fingerprint density at radius 2 is 2.12 bits per heavy atom. The number of halogens is 2. The normalized spacial score (nSPS) is 11.3. The summed E-state index contributed by atoms with van der Waals surface area (Å²) in [4.78, 5) is 11.1. The lowest BCUT2D eigenvalue weighted by molar-refractivity contribution is -0.118. The number of hydrogen-bond donors (Lipinski definition) is 2. The van der Waals surface area contributed by atoms with Crippen LogP contribution < -0.4 is 5.73 Å². The molecule has 0 spiro atoms. The van der Waals surface area contributed by atoms with E-state index in [0.29, 0.717) is 21.4 Å². The van der Waals surface area contributed by atoms with Crippen molar-refractivity contribution in [1.82, 2.24) is 29.8 Å². The fraction of sp³-hybridized carbons (Fsp3) is 0.0667. The van der Waals surface area contributed by atoms with Gasteiger partial charge in [-0.2, -0.15) is 5.10 Å². The maximum atomic E-state index is 11.1. The van der Waals surface area contributed by atoms with E-state index < -0.39 is 5.91 Å². The Hall–Kier alpha value is -2.84. The number of aromatic amines is 1. The zero-order valence-corrected chi connectivity index (χ0v) is 14.2. The van der Waals surface area contributed by atoms with E-state index >= 15 is 0 Å². The number of fused-ring (bicyclic) bond motifs is 1. The van der Waals surface area contributed by atoms with Crippen molar-refractivity contribution in [3.05, 3.63) is 47.0 Å². The van der Waals surface area contributed by atoms with Crippen molar-refractivity contribution in [2.45, 2.75) is 6.54 Å². The maximum Gasteiger partial charge on any atom is 0.239 e. The smallest absolute Gasteiger partial charge is 0.239 e. The Bertz CT molecular complexity index is 1080. The van der Waals surface area contributed by atoms with E-state index in [0.717, 1.165) is 16.5 Å². The van der Waals surface area contributed by atoms with Crippen molar-refractivity contribution in [3.63, 3.8) is 0 Å². The Morgan fingerprint density at radius 3 is 2.84 bits per heavy atom. The highest BCUT2D eigenvalue weighted by atomic mass is 35.5. The van der Waals surface area contributed by atoms with Crippen LogP contribution in [0.15, 0.2) is 36.9 Å². The van der Waals surface area contributed by atoms with E-state index in [1.165, 1.54) is 4.68 Å². The monoisotopic (exact) mass is 375 g/mol. The number of aromatic nitrogens is 6. The molecule has 4 rings (SSSR count). The van der Waals surface area contributed by atoms with Crippen LogP contribution in [-0.4, -0.2) is 35.7 Å². The van der Waals surface area contributed by atoms with E-state index in [-0.39, 0.29) is 6.54 Å². The van der Waals surface area contributed by atoms with Crippen molar-refractivity contribution in [2.75, 3.05) is 0 Å². The van der Waals surface area contributed by atoms with E-state index in [2.05, 4.69) is 20.5 Å². The lowest BCUT2D eigenvalue weighted by Gasteiger charge is -2.03. The molecule has 0 fully saturated rings. The Balaban J connectivity index is 1.95. The molecule has 0 aliphatic heterocycles. The SMILES string of the molecule is NC(=O)Cn1cc(-n2cc(-c3cn[nH]c3)c3ccc(Cl)c(Cl)c32)nn1. The number of nitrogens with zero attached hydrogens (tertiary/aromatic N) is 5. The molecule has 10 heteroatoms. The van der Waals surface area contributed by atoms with E-state index in [1.807, 2.05) is 12.3 Å². The van der Waals surface area contributed by atoms with Gasteiger partial charge in [-0.05, 0) is 6.07 Å². The molecule has 1 aromatic carbocycles. The van der Waals surface area contributed by atoms with E-state index in [4.69, 9.17) is 28.9 Å². The minimum Gasteiger partial charge on any atom is -0.368 e. The van der Waals surface area contributed by atoms with Crippen molar-refractivity contribution in [3.8, 4) is 16.9 Å². The Labute approximate surface area is 151 Å². The highest BCUT2D eigenvalue weighted by molar-refractivity contribution is 6.45. The lowest BCUT2D eigenvalue weighted by atomic mass is 10.1. The van der Waals surface area contributed by atoms with Crippen LogP contribution in [0.25, 0.3) is 27.8 Å². The highest BCUT2D eigenvalue weighted by Gasteiger charge is 2.18. The van der Waals surface area contributed by atoms with Gasteiger partial charge in [0.25, 0.3) is 0 Å². The first-order valence-electron chi connectivity index (χ1n) is 7.21. The van der Waals surface area contributed by atoms with Gasteiger partial charge < -0.3 is 5.73 Å². The zero-order valence-electron chi connectivity index (χ0n) is 12.6. The molecular formula is C15H11Cl2N7O. The van der Waals surface area contributed by atoms with Crippen LogP contribution in [0.4, 0.5) is 0 Å². The standard InChI is InChI=1S/C15H11Cl2N7O/c16-11-2-1-9-10(8-3-19-20-4-8)5-24(15(9)14(11)17)13-7-23(22-21-13)6-12(18)25/h1-5,7H,6H2,(H2,18,25)(H,19,20). The minimum atomic E-state index is -0.506. The molecule has 25 heavy (non-hydrogen) atoms. The summed E-state index contributed by atoms with van der Waals surface area (Å²) in [7, 11) is 0. The van der Waals surface area contributed by atoms with Gasteiger partial charge in [0.2, 0.25) is 5.91 Å². The second kappa shape index (κ2) is 5.91. The fourth-order valence-corrected chi connectivity index (χ4v) is 3.11. The lowest BCUT2D eigenvalue weighted by Crippen LogP contribution is -2.18. The number of benzene rings is 1. The summed E-state index contributed by atoms with van der Waals surface area (Å²) in [5.41, 5.74) is 7.69. The second-order valence-corrected chi connectivity index (χ2v) is 6.18. The first-order chi connectivity index (χ1) is 12.0. The van der Waals surface area contributed by atoms with Gasteiger partial charge in [-0.25, -0.2) is 4.68 Å². The average molecular weight is 376 g/mol. The molecule has 4 aromatic rings. The third kappa shape index (κ3) is 2.65. The minimum absolute atomic E-state index is 0.0602. The second-order valence-electron chi connectivity index (χ2n) is 5.40. The van der Waals surface area contributed by atoms with Gasteiger partial charge in [-0.15, -0.1) is 5.10 Å². The molecule has 3 aromatic heterocycles. The number of rotatable bonds is 4. The molecule has 0 atom stereocenters. The van der Waals surface area contributed by atoms with Gasteiger partial charge >= 0.3 is 0 Å². The van der Waals surface area contributed by atoms with Gasteiger partial charge in [-0.1, -0.05) is 34.5 Å². The number of carbonyl (C=O) groups excluding carboxylic acids is 1. The number of nitrogens with two attached hydrogens (primary N) is 1. The first-order valence-corrected chi connectivity index (χ1v) is 7.97. The first kappa shape index (κ1) is 15.7. The van der Waals surface area contributed by atoms with E-state index in [9.17, 15) is 4.79 Å². The third-order valence-electron chi connectivity index (χ3n) is 3.76. The quantitative estimate of drug-likeness (QED) is 0.570. The Kier molecular flexibility index (Phi) is 3.70. The summed E-state index contributed by atoms with van der Waals surface area (Å²) in [5, 5.41) is 16.5. The number of primary amides is 1. The molecule has 3 heterocycles. The molecule has 3 N–H and O–H groups in total. The van der Waals surface area contributed by atoms with Crippen LogP contribution in [0.2, 0.25) is 10.0 Å². The fourth-order valence-electron chi connectivity index (χ4n) is 2.70. The summed E-state index contributed by atoms with van der Waals surface area (Å²) in [6.07, 6.45) is 6.98. The zero-order chi connectivity index (χ0) is 17.6. The molecule has 1 amide bonds. The molecule has 0 unspecified atom stereocenters. The number of nitrogens with one attached hydrogen (secondary N) is 1. The number of carbonyl (C=O) groups is 1. The van der Waals surface area contributed by atoms with Crippen molar-refractivity contribution < 1.29 is 4.79 Å². The molecule has 8 nitrogen and oxygen atoms in total. The maximum absolute atomic E-state index is 11.1. The molecule has 0 saturated carbocycles. The molecule has 0 saturated heterocycles. The van der Waals surface area contributed by atoms with Crippen molar-refractivity contribution in [2.24, 2.45) is 5.73 Å². The topological polar surface area (TPSA) is 107 Å². The van der Waals surface area contributed by atoms with E-state index in [1.54, 1.807) is 29.2 Å². The molecule has 0 bridgehead atoms. The molecule has 126 valence electrons. The molecule has 0 radical (unpaired) electrons. The summed E-state index contributed by atoms with van der Waals surface area (Å²) < 4.78 is 3.13. The molecule has 0 aliphatic rings. The summed E-state index contributed by atoms with van der Waals surface area (Å²) in [6.45, 7) is -0.0602. The average Bonchev–Trinajstić information content (AvgIpc) is 3.28.